The SMILES string of the molecule is CCC(N)C(F)C1=CCCC1. The molecule has 2 N–H and O–H groups in total. The average Bonchev–Trinajstić information content (AvgIpc) is 2.53. The Labute approximate surface area is 67.5 Å². The van der Waals surface area contributed by atoms with Crippen LogP contribution in [-0.2, 0) is 0 Å². The number of allylic oxidation sites excluding steroid dienone is 1. The topological polar surface area (TPSA) is 26.0 Å². The minimum absolute atomic E-state index is 0.292. The van der Waals surface area contributed by atoms with E-state index in [0.29, 0.717) is 0 Å². The van der Waals surface area contributed by atoms with E-state index >= 15 is 0 Å². The van der Waals surface area contributed by atoms with Crippen LogP contribution in [0, 0.1) is 0 Å². The average molecular weight is 157 g/mol. The number of hydrogen-bond donors (Lipinski definition) is 1. The first-order valence-corrected chi connectivity index (χ1v) is 4.34. The highest BCUT2D eigenvalue weighted by atomic mass is 19.1. The van der Waals surface area contributed by atoms with E-state index in [1.54, 1.807) is 0 Å². The van der Waals surface area contributed by atoms with E-state index in [0.717, 1.165) is 31.3 Å². The Morgan fingerprint density at radius 1 is 1.73 bits per heavy atom. The summed E-state index contributed by atoms with van der Waals surface area (Å²) in [7, 11) is 0. The van der Waals surface area contributed by atoms with Gasteiger partial charge in [-0.2, -0.15) is 0 Å². The van der Waals surface area contributed by atoms with Crippen LogP contribution in [0.15, 0.2) is 11.6 Å². The lowest BCUT2D eigenvalue weighted by Gasteiger charge is -2.15. The molecule has 1 aliphatic carbocycles. The van der Waals surface area contributed by atoms with Gasteiger partial charge in [0.05, 0.1) is 0 Å². The molecule has 0 saturated heterocycles. The second-order valence-corrected chi connectivity index (χ2v) is 3.15. The van der Waals surface area contributed by atoms with Crippen LogP contribution in [0.3, 0.4) is 0 Å². The molecular formula is C9H16FN. The molecule has 2 heteroatoms. The standard InChI is InChI=1S/C9H16FN/c1-2-8(11)9(10)7-5-3-4-6-7/h5,8-9H,2-4,6,11H2,1H3. The molecule has 1 nitrogen and oxygen atoms in total. The molecule has 1 rings (SSSR count). The van der Waals surface area contributed by atoms with Crippen LogP contribution in [0.25, 0.3) is 0 Å². The number of halogens is 1. The predicted molar refractivity (Wildman–Crippen MR) is 45.1 cm³/mol. The third-order valence-electron chi connectivity index (χ3n) is 2.28. The molecule has 0 aromatic rings. The molecular weight excluding hydrogens is 141 g/mol. The quantitative estimate of drug-likeness (QED) is 0.624. The maximum absolute atomic E-state index is 13.3. The maximum atomic E-state index is 13.3. The molecule has 0 aromatic heterocycles. The van der Waals surface area contributed by atoms with Gasteiger partial charge in [-0.15, -0.1) is 0 Å². The molecule has 0 heterocycles. The van der Waals surface area contributed by atoms with Gasteiger partial charge in [-0.1, -0.05) is 13.0 Å². The molecule has 0 spiro atoms. The lowest BCUT2D eigenvalue weighted by atomic mass is 10.0. The number of hydrogen-bond acceptors (Lipinski definition) is 1. The number of alkyl halides is 1. The van der Waals surface area contributed by atoms with Gasteiger partial charge in [0.25, 0.3) is 0 Å². The van der Waals surface area contributed by atoms with E-state index in [4.69, 9.17) is 5.73 Å². The summed E-state index contributed by atoms with van der Waals surface area (Å²) >= 11 is 0. The summed E-state index contributed by atoms with van der Waals surface area (Å²) in [6.45, 7) is 1.92. The molecule has 64 valence electrons. The summed E-state index contributed by atoms with van der Waals surface area (Å²) in [5, 5.41) is 0. The first-order valence-electron chi connectivity index (χ1n) is 4.34. The monoisotopic (exact) mass is 157 g/mol. The molecule has 0 radical (unpaired) electrons. The lowest BCUT2D eigenvalue weighted by molar-refractivity contribution is 0.314. The largest absolute Gasteiger partial charge is 0.325 e. The highest BCUT2D eigenvalue weighted by molar-refractivity contribution is 5.14. The summed E-state index contributed by atoms with van der Waals surface area (Å²) in [5.41, 5.74) is 6.51. The van der Waals surface area contributed by atoms with Gasteiger partial charge in [-0.3, -0.25) is 0 Å². The molecule has 0 aliphatic heterocycles. The molecule has 0 fully saturated rings. The van der Waals surface area contributed by atoms with Crippen molar-refractivity contribution < 1.29 is 4.39 Å². The first kappa shape index (κ1) is 8.72. The molecule has 0 amide bonds. The van der Waals surface area contributed by atoms with Crippen molar-refractivity contribution in [3.05, 3.63) is 11.6 Å². The second-order valence-electron chi connectivity index (χ2n) is 3.15. The van der Waals surface area contributed by atoms with Crippen molar-refractivity contribution in [3.8, 4) is 0 Å². The Balaban J connectivity index is 2.45. The molecule has 11 heavy (non-hydrogen) atoms. The highest BCUT2D eigenvalue weighted by Crippen LogP contribution is 2.24. The molecule has 0 bridgehead atoms. The molecule has 0 aromatic carbocycles. The summed E-state index contributed by atoms with van der Waals surface area (Å²) in [6.07, 6.45) is 4.88. The second kappa shape index (κ2) is 3.86. The fourth-order valence-corrected chi connectivity index (χ4v) is 1.43. The van der Waals surface area contributed by atoms with Crippen LogP contribution in [0.1, 0.15) is 32.6 Å². The van der Waals surface area contributed by atoms with Crippen LogP contribution >= 0.6 is 0 Å². The lowest BCUT2D eigenvalue weighted by Crippen LogP contribution is -2.31. The Kier molecular flexibility index (Phi) is 3.06. The third-order valence-corrected chi connectivity index (χ3v) is 2.28. The first-order chi connectivity index (χ1) is 5.25. The van der Waals surface area contributed by atoms with Crippen molar-refractivity contribution in [1.29, 1.82) is 0 Å². The smallest absolute Gasteiger partial charge is 0.136 e. The van der Waals surface area contributed by atoms with Gasteiger partial charge in [0.15, 0.2) is 0 Å². The van der Waals surface area contributed by atoms with Crippen LogP contribution in [0.5, 0.6) is 0 Å². The van der Waals surface area contributed by atoms with Crippen molar-refractivity contribution in [2.45, 2.75) is 44.8 Å². The van der Waals surface area contributed by atoms with Crippen LogP contribution in [-0.4, -0.2) is 12.2 Å². The Bertz CT molecular complexity index is 154. The van der Waals surface area contributed by atoms with E-state index < -0.39 is 6.17 Å². The van der Waals surface area contributed by atoms with E-state index in [9.17, 15) is 4.39 Å². The van der Waals surface area contributed by atoms with Crippen molar-refractivity contribution in [1.82, 2.24) is 0 Å². The number of rotatable bonds is 3. The normalized spacial score (nSPS) is 23.0. The fraction of sp³-hybridized carbons (Fsp3) is 0.778. The highest BCUT2D eigenvalue weighted by Gasteiger charge is 2.21. The van der Waals surface area contributed by atoms with E-state index in [2.05, 4.69) is 0 Å². The van der Waals surface area contributed by atoms with Gasteiger partial charge in [0, 0.05) is 6.04 Å². The van der Waals surface area contributed by atoms with Crippen molar-refractivity contribution >= 4 is 0 Å². The van der Waals surface area contributed by atoms with Gasteiger partial charge in [0.1, 0.15) is 6.17 Å². The molecule has 2 unspecified atom stereocenters. The Morgan fingerprint density at radius 3 is 2.91 bits per heavy atom. The fourth-order valence-electron chi connectivity index (χ4n) is 1.43. The zero-order valence-electron chi connectivity index (χ0n) is 7.02. The van der Waals surface area contributed by atoms with Gasteiger partial charge >= 0.3 is 0 Å². The van der Waals surface area contributed by atoms with Crippen LogP contribution in [0.4, 0.5) is 4.39 Å². The van der Waals surface area contributed by atoms with Crippen LogP contribution < -0.4 is 5.73 Å². The van der Waals surface area contributed by atoms with Crippen molar-refractivity contribution in [2.75, 3.05) is 0 Å². The minimum atomic E-state index is -0.887. The van der Waals surface area contributed by atoms with Crippen molar-refractivity contribution in [2.24, 2.45) is 5.73 Å². The Morgan fingerprint density at radius 2 is 2.45 bits per heavy atom. The van der Waals surface area contributed by atoms with E-state index in [1.807, 2.05) is 13.0 Å². The van der Waals surface area contributed by atoms with E-state index in [-0.39, 0.29) is 6.04 Å². The van der Waals surface area contributed by atoms with E-state index in [1.165, 1.54) is 0 Å². The number of nitrogens with two attached hydrogens (primary N) is 1. The maximum Gasteiger partial charge on any atom is 0.136 e. The molecule has 0 saturated carbocycles. The van der Waals surface area contributed by atoms with Crippen molar-refractivity contribution in [3.63, 3.8) is 0 Å². The van der Waals surface area contributed by atoms with Gasteiger partial charge in [-0.05, 0) is 31.3 Å². The Hall–Kier alpha value is -0.370. The zero-order valence-corrected chi connectivity index (χ0v) is 7.02. The summed E-state index contributed by atoms with van der Waals surface area (Å²) in [6, 6.07) is -0.292. The van der Waals surface area contributed by atoms with Crippen LogP contribution in [0.2, 0.25) is 0 Å². The summed E-state index contributed by atoms with van der Waals surface area (Å²) in [5.74, 6) is 0. The molecule has 2 atom stereocenters. The van der Waals surface area contributed by atoms with Gasteiger partial charge < -0.3 is 5.73 Å². The van der Waals surface area contributed by atoms with Gasteiger partial charge in [-0.25, -0.2) is 4.39 Å². The summed E-state index contributed by atoms with van der Waals surface area (Å²) in [4.78, 5) is 0. The predicted octanol–water partition coefficient (Wildman–Crippen LogP) is 2.17. The summed E-state index contributed by atoms with van der Waals surface area (Å²) < 4.78 is 13.3. The zero-order chi connectivity index (χ0) is 8.27. The van der Waals surface area contributed by atoms with Gasteiger partial charge in [0.2, 0.25) is 0 Å². The molecule has 1 aliphatic rings. The minimum Gasteiger partial charge on any atom is -0.325 e. The third kappa shape index (κ3) is 2.03.